The average molecular weight is 393 g/mol. The monoisotopic (exact) mass is 393 g/mol. The van der Waals surface area contributed by atoms with Gasteiger partial charge in [0.1, 0.15) is 24.0 Å². The third kappa shape index (κ3) is 3.70. The van der Waals surface area contributed by atoms with E-state index in [-0.39, 0.29) is 5.82 Å². The first-order chi connectivity index (χ1) is 14.3. The minimum atomic E-state index is -0.187. The van der Waals surface area contributed by atoms with Gasteiger partial charge in [0.2, 0.25) is 0 Å². The number of halogens is 1. The molecule has 2 aliphatic heterocycles. The highest BCUT2D eigenvalue weighted by Crippen LogP contribution is 2.31. The van der Waals surface area contributed by atoms with E-state index in [9.17, 15) is 4.39 Å². The van der Waals surface area contributed by atoms with Crippen LogP contribution in [-0.4, -0.2) is 59.0 Å². The number of piperazine rings is 1. The standard InChI is InChI=1S/C22H24FN5O/c23-17-5-7-18(8-6-17)27-13-11-26(12-14-27)10-9-21-24-25-22-19-3-1-2-4-20(19)29-16-15-28(21)22/h1-8H,9-16H2. The zero-order valence-corrected chi connectivity index (χ0v) is 16.3. The predicted octanol–water partition coefficient (Wildman–Crippen LogP) is 2.84. The number of hydrogen-bond donors (Lipinski definition) is 0. The summed E-state index contributed by atoms with van der Waals surface area (Å²) < 4.78 is 21.2. The summed E-state index contributed by atoms with van der Waals surface area (Å²) in [5.41, 5.74) is 2.10. The second-order valence-electron chi connectivity index (χ2n) is 7.49. The summed E-state index contributed by atoms with van der Waals surface area (Å²) in [4.78, 5) is 4.77. The third-order valence-corrected chi connectivity index (χ3v) is 5.74. The number of para-hydroxylation sites is 1. The molecule has 1 aromatic heterocycles. The Bertz CT molecular complexity index is 979. The summed E-state index contributed by atoms with van der Waals surface area (Å²) in [6.07, 6.45) is 0.867. The molecule has 3 aromatic rings. The van der Waals surface area contributed by atoms with E-state index in [4.69, 9.17) is 4.74 Å². The summed E-state index contributed by atoms with van der Waals surface area (Å²) in [5.74, 6) is 2.60. The largest absolute Gasteiger partial charge is 0.491 e. The zero-order chi connectivity index (χ0) is 19.6. The summed E-state index contributed by atoms with van der Waals surface area (Å²) in [6, 6.07) is 14.8. The minimum absolute atomic E-state index is 0.187. The Morgan fingerprint density at radius 3 is 2.52 bits per heavy atom. The van der Waals surface area contributed by atoms with Crippen molar-refractivity contribution in [2.24, 2.45) is 0 Å². The van der Waals surface area contributed by atoms with Crippen molar-refractivity contribution >= 4 is 5.69 Å². The molecule has 5 rings (SSSR count). The van der Waals surface area contributed by atoms with E-state index in [1.54, 1.807) is 0 Å². The molecule has 7 heteroatoms. The number of fused-ring (bicyclic) bond motifs is 3. The van der Waals surface area contributed by atoms with E-state index >= 15 is 0 Å². The fourth-order valence-electron chi connectivity index (χ4n) is 4.12. The second-order valence-corrected chi connectivity index (χ2v) is 7.49. The van der Waals surface area contributed by atoms with Gasteiger partial charge in [-0.3, -0.25) is 4.90 Å². The van der Waals surface area contributed by atoms with Crippen LogP contribution in [0.15, 0.2) is 48.5 Å². The lowest BCUT2D eigenvalue weighted by molar-refractivity contribution is 0.257. The van der Waals surface area contributed by atoms with Gasteiger partial charge >= 0.3 is 0 Å². The van der Waals surface area contributed by atoms with Crippen molar-refractivity contribution in [3.8, 4) is 17.1 Å². The summed E-state index contributed by atoms with van der Waals surface area (Å²) in [5, 5.41) is 8.93. The lowest BCUT2D eigenvalue weighted by atomic mass is 10.2. The number of aromatic nitrogens is 3. The maximum Gasteiger partial charge on any atom is 0.167 e. The van der Waals surface area contributed by atoms with Gasteiger partial charge in [0, 0.05) is 44.8 Å². The van der Waals surface area contributed by atoms with Crippen LogP contribution in [0.4, 0.5) is 10.1 Å². The number of ether oxygens (including phenoxy) is 1. The van der Waals surface area contributed by atoms with Crippen molar-refractivity contribution in [2.75, 3.05) is 44.2 Å². The van der Waals surface area contributed by atoms with Gasteiger partial charge < -0.3 is 14.2 Å². The summed E-state index contributed by atoms with van der Waals surface area (Å²) >= 11 is 0. The number of nitrogens with zero attached hydrogens (tertiary/aromatic N) is 5. The highest BCUT2D eigenvalue weighted by molar-refractivity contribution is 5.64. The predicted molar refractivity (Wildman–Crippen MR) is 110 cm³/mol. The van der Waals surface area contributed by atoms with Gasteiger partial charge in [-0.05, 0) is 36.4 Å². The van der Waals surface area contributed by atoms with Gasteiger partial charge in [0.05, 0.1) is 12.1 Å². The fraction of sp³-hybridized carbons (Fsp3) is 0.364. The molecule has 0 atom stereocenters. The van der Waals surface area contributed by atoms with E-state index < -0.39 is 0 Å². The Hall–Kier alpha value is -2.93. The van der Waals surface area contributed by atoms with E-state index in [0.29, 0.717) is 6.61 Å². The second kappa shape index (κ2) is 7.83. The van der Waals surface area contributed by atoms with E-state index in [2.05, 4.69) is 24.6 Å². The fourth-order valence-corrected chi connectivity index (χ4v) is 4.12. The molecule has 2 aliphatic rings. The van der Waals surface area contributed by atoms with Crippen LogP contribution in [0, 0.1) is 5.82 Å². The Labute approximate surface area is 169 Å². The maximum absolute atomic E-state index is 13.1. The van der Waals surface area contributed by atoms with Crippen molar-refractivity contribution in [1.29, 1.82) is 0 Å². The molecule has 0 unspecified atom stereocenters. The van der Waals surface area contributed by atoms with Crippen molar-refractivity contribution in [1.82, 2.24) is 19.7 Å². The van der Waals surface area contributed by atoms with Crippen LogP contribution in [0.25, 0.3) is 11.4 Å². The quantitative estimate of drug-likeness (QED) is 0.682. The van der Waals surface area contributed by atoms with Crippen LogP contribution in [0.2, 0.25) is 0 Å². The number of rotatable bonds is 4. The highest BCUT2D eigenvalue weighted by Gasteiger charge is 2.22. The first-order valence-electron chi connectivity index (χ1n) is 10.1. The minimum Gasteiger partial charge on any atom is -0.491 e. The van der Waals surface area contributed by atoms with Crippen molar-refractivity contribution in [3.05, 3.63) is 60.2 Å². The van der Waals surface area contributed by atoms with E-state index in [0.717, 1.165) is 74.3 Å². The van der Waals surface area contributed by atoms with Crippen molar-refractivity contribution < 1.29 is 9.13 Å². The van der Waals surface area contributed by atoms with Crippen LogP contribution >= 0.6 is 0 Å². The van der Waals surface area contributed by atoms with Crippen LogP contribution in [0.3, 0.4) is 0 Å². The molecule has 0 amide bonds. The highest BCUT2D eigenvalue weighted by atomic mass is 19.1. The summed E-state index contributed by atoms with van der Waals surface area (Å²) in [7, 11) is 0. The molecular formula is C22H24FN5O. The van der Waals surface area contributed by atoms with Crippen LogP contribution in [-0.2, 0) is 13.0 Å². The van der Waals surface area contributed by atoms with Gasteiger partial charge in [0.25, 0.3) is 0 Å². The van der Waals surface area contributed by atoms with Crippen LogP contribution in [0.5, 0.6) is 5.75 Å². The normalized spacial score (nSPS) is 16.7. The Morgan fingerprint density at radius 1 is 0.897 bits per heavy atom. The SMILES string of the molecule is Fc1ccc(N2CCN(CCc3nnc4n3CCOc3ccccc3-4)CC2)cc1. The topological polar surface area (TPSA) is 46.4 Å². The van der Waals surface area contributed by atoms with Crippen molar-refractivity contribution in [2.45, 2.75) is 13.0 Å². The van der Waals surface area contributed by atoms with E-state index in [1.165, 1.54) is 12.1 Å². The third-order valence-electron chi connectivity index (χ3n) is 5.74. The van der Waals surface area contributed by atoms with E-state index in [1.807, 2.05) is 36.4 Å². The molecule has 2 aromatic carbocycles. The number of anilines is 1. The first kappa shape index (κ1) is 18.1. The first-order valence-corrected chi connectivity index (χ1v) is 10.1. The average Bonchev–Trinajstić information content (AvgIpc) is 3.07. The molecule has 0 aliphatic carbocycles. The molecule has 0 spiro atoms. The molecule has 0 N–H and O–H groups in total. The lowest BCUT2D eigenvalue weighted by Gasteiger charge is -2.36. The van der Waals surface area contributed by atoms with Crippen LogP contribution in [0.1, 0.15) is 5.82 Å². The molecule has 0 bridgehead atoms. The number of hydrogen-bond acceptors (Lipinski definition) is 5. The molecule has 0 saturated carbocycles. The van der Waals surface area contributed by atoms with Gasteiger partial charge in [-0.15, -0.1) is 10.2 Å². The molecule has 1 fully saturated rings. The molecule has 6 nitrogen and oxygen atoms in total. The Morgan fingerprint density at radius 2 is 1.69 bits per heavy atom. The molecule has 1 saturated heterocycles. The Balaban J connectivity index is 1.21. The van der Waals surface area contributed by atoms with Gasteiger partial charge in [-0.2, -0.15) is 0 Å². The molecular weight excluding hydrogens is 369 g/mol. The van der Waals surface area contributed by atoms with Crippen LogP contribution < -0.4 is 9.64 Å². The lowest BCUT2D eigenvalue weighted by Crippen LogP contribution is -2.47. The maximum atomic E-state index is 13.1. The molecule has 3 heterocycles. The smallest absolute Gasteiger partial charge is 0.167 e. The molecule has 29 heavy (non-hydrogen) atoms. The molecule has 0 radical (unpaired) electrons. The summed E-state index contributed by atoms with van der Waals surface area (Å²) in [6.45, 7) is 6.23. The van der Waals surface area contributed by atoms with Gasteiger partial charge in [-0.1, -0.05) is 12.1 Å². The van der Waals surface area contributed by atoms with Gasteiger partial charge in [-0.25, -0.2) is 4.39 Å². The number of benzene rings is 2. The van der Waals surface area contributed by atoms with Crippen molar-refractivity contribution in [3.63, 3.8) is 0 Å². The van der Waals surface area contributed by atoms with Gasteiger partial charge in [0.15, 0.2) is 5.82 Å². The molecule has 150 valence electrons. The Kier molecular flexibility index (Phi) is 4.89. The zero-order valence-electron chi connectivity index (χ0n) is 16.3.